The SMILES string of the molecule is Cc1ccc(C(CN)CC(=O)O)cc1C. The first-order valence-corrected chi connectivity index (χ1v) is 5.03. The van der Waals surface area contributed by atoms with Gasteiger partial charge in [0.1, 0.15) is 0 Å². The normalized spacial score (nSPS) is 12.5. The number of carbonyl (C=O) groups is 1. The van der Waals surface area contributed by atoms with E-state index in [0.717, 1.165) is 5.56 Å². The average Bonchev–Trinajstić information content (AvgIpc) is 2.18. The molecule has 0 amide bonds. The van der Waals surface area contributed by atoms with Crippen molar-refractivity contribution in [3.05, 3.63) is 34.9 Å². The Bertz CT molecular complexity index is 361. The van der Waals surface area contributed by atoms with E-state index in [0.29, 0.717) is 6.54 Å². The number of hydrogen-bond acceptors (Lipinski definition) is 2. The summed E-state index contributed by atoms with van der Waals surface area (Å²) >= 11 is 0. The summed E-state index contributed by atoms with van der Waals surface area (Å²) in [5.74, 6) is -0.884. The van der Waals surface area contributed by atoms with E-state index in [-0.39, 0.29) is 12.3 Å². The van der Waals surface area contributed by atoms with Crippen molar-refractivity contribution in [2.75, 3.05) is 6.54 Å². The van der Waals surface area contributed by atoms with E-state index in [1.54, 1.807) is 0 Å². The summed E-state index contributed by atoms with van der Waals surface area (Å²) in [6.45, 7) is 4.43. The minimum absolute atomic E-state index is 0.0817. The van der Waals surface area contributed by atoms with Crippen molar-refractivity contribution < 1.29 is 9.90 Å². The van der Waals surface area contributed by atoms with Crippen LogP contribution in [0.5, 0.6) is 0 Å². The van der Waals surface area contributed by atoms with Gasteiger partial charge in [0.15, 0.2) is 0 Å². The van der Waals surface area contributed by atoms with Crippen LogP contribution in [0.25, 0.3) is 0 Å². The van der Waals surface area contributed by atoms with Gasteiger partial charge < -0.3 is 10.8 Å². The van der Waals surface area contributed by atoms with Crippen LogP contribution < -0.4 is 5.73 Å². The fourth-order valence-electron chi connectivity index (χ4n) is 1.57. The number of benzene rings is 1. The Balaban J connectivity index is 2.92. The fourth-order valence-corrected chi connectivity index (χ4v) is 1.57. The second-order valence-corrected chi connectivity index (χ2v) is 3.87. The van der Waals surface area contributed by atoms with Crippen LogP contribution in [0.1, 0.15) is 29.0 Å². The standard InChI is InChI=1S/C12H17NO2/c1-8-3-4-10(5-9(8)2)11(7-13)6-12(14)15/h3-5,11H,6-7,13H2,1-2H3,(H,14,15). The van der Waals surface area contributed by atoms with Crippen LogP contribution in [0.15, 0.2) is 18.2 Å². The number of aryl methyl sites for hydroxylation is 2. The van der Waals surface area contributed by atoms with Crippen molar-refractivity contribution >= 4 is 5.97 Å². The van der Waals surface area contributed by atoms with Crippen LogP contribution in [-0.4, -0.2) is 17.6 Å². The molecule has 0 spiro atoms. The number of aliphatic carboxylic acids is 1. The first-order chi connectivity index (χ1) is 7.04. The molecular weight excluding hydrogens is 190 g/mol. The lowest BCUT2D eigenvalue weighted by Gasteiger charge is -2.14. The van der Waals surface area contributed by atoms with Crippen molar-refractivity contribution in [2.45, 2.75) is 26.2 Å². The predicted molar refractivity (Wildman–Crippen MR) is 60.0 cm³/mol. The molecule has 0 fully saturated rings. The zero-order valence-electron chi connectivity index (χ0n) is 9.16. The highest BCUT2D eigenvalue weighted by Crippen LogP contribution is 2.21. The van der Waals surface area contributed by atoms with Gasteiger partial charge in [0.05, 0.1) is 6.42 Å². The minimum Gasteiger partial charge on any atom is -0.481 e. The van der Waals surface area contributed by atoms with E-state index in [4.69, 9.17) is 10.8 Å². The van der Waals surface area contributed by atoms with E-state index in [2.05, 4.69) is 0 Å². The van der Waals surface area contributed by atoms with Gasteiger partial charge in [0.25, 0.3) is 0 Å². The molecule has 1 aromatic carbocycles. The molecule has 1 atom stereocenters. The lowest BCUT2D eigenvalue weighted by molar-refractivity contribution is -0.137. The molecule has 0 aliphatic heterocycles. The van der Waals surface area contributed by atoms with Crippen LogP contribution in [-0.2, 0) is 4.79 Å². The lowest BCUT2D eigenvalue weighted by atomic mass is 9.93. The van der Waals surface area contributed by atoms with Crippen LogP contribution in [0.4, 0.5) is 0 Å². The molecule has 0 aromatic heterocycles. The van der Waals surface area contributed by atoms with E-state index >= 15 is 0 Å². The maximum absolute atomic E-state index is 10.6. The predicted octanol–water partition coefficient (Wildman–Crippen LogP) is 1.82. The van der Waals surface area contributed by atoms with Crippen LogP contribution in [0.3, 0.4) is 0 Å². The summed E-state index contributed by atoms with van der Waals surface area (Å²) < 4.78 is 0. The highest BCUT2D eigenvalue weighted by atomic mass is 16.4. The Labute approximate surface area is 89.9 Å². The van der Waals surface area contributed by atoms with E-state index in [1.807, 2.05) is 32.0 Å². The number of carboxylic acid groups (broad SMARTS) is 1. The first-order valence-electron chi connectivity index (χ1n) is 5.03. The topological polar surface area (TPSA) is 63.3 Å². The largest absolute Gasteiger partial charge is 0.481 e. The number of hydrogen-bond donors (Lipinski definition) is 2. The molecule has 15 heavy (non-hydrogen) atoms. The van der Waals surface area contributed by atoms with Crippen molar-refractivity contribution in [3.63, 3.8) is 0 Å². The highest BCUT2D eigenvalue weighted by Gasteiger charge is 2.14. The molecule has 82 valence electrons. The molecule has 1 unspecified atom stereocenters. The highest BCUT2D eigenvalue weighted by molar-refractivity contribution is 5.68. The van der Waals surface area contributed by atoms with Gasteiger partial charge in [-0.2, -0.15) is 0 Å². The third-order valence-corrected chi connectivity index (χ3v) is 2.71. The summed E-state index contributed by atoms with van der Waals surface area (Å²) in [6.07, 6.45) is 0.0962. The molecule has 0 aliphatic carbocycles. The molecule has 0 bridgehead atoms. The first kappa shape index (κ1) is 11.7. The Kier molecular flexibility index (Phi) is 3.86. The Hall–Kier alpha value is -1.35. The third-order valence-electron chi connectivity index (χ3n) is 2.71. The fraction of sp³-hybridized carbons (Fsp3) is 0.417. The molecule has 0 aliphatic rings. The molecule has 3 nitrogen and oxygen atoms in total. The van der Waals surface area contributed by atoms with Gasteiger partial charge in [-0.3, -0.25) is 4.79 Å². The molecule has 1 aromatic rings. The van der Waals surface area contributed by atoms with Gasteiger partial charge >= 0.3 is 5.97 Å². The monoisotopic (exact) mass is 207 g/mol. The van der Waals surface area contributed by atoms with Gasteiger partial charge in [0, 0.05) is 5.92 Å². The van der Waals surface area contributed by atoms with Gasteiger partial charge in [-0.25, -0.2) is 0 Å². The number of rotatable bonds is 4. The maximum Gasteiger partial charge on any atom is 0.304 e. The van der Waals surface area contributed by atoms with E-state index < -0.39 is 5.97 Å². The number of carboxylic acids is 1. The Morgan fingerprint density at radius 3 is 2.53 bits per heavy atom. The second-order valence-electron chi connectivity index (χ2n) is 3.87. The van der Waals surface area contributed by atoms with Gasteiger partial charge in [0.2, 0.25) is 0 Å². The van der Waals surface area contributed by atoms with E-state index in [9.17, 15) is 4.79 Å². The van der Waals surface area contributed by atoms with Gasteiger partial charge in [-0.1, -0.05) is 18.2 Å². The summed E-state index contributed by atoms with van der Waals surface area (Å²) in [5.41, 5.74) is 8.98. The molecule has 1 rings (SSSR count). The molecular formula is C12H17NO2. The van der Waals surface area contributed by atoms with Crippen LogP contribution >= 0.6 is 0 Å². The summed E-state index contributed by atoms with van der Waals surface area (Å²) in [4.78, 5) is 10.6. The molecule has 0 saturated carbocycles. The van der Waals surface area contributed by atoms with Gasteiger partial charge in [-0.05, 0) is 37.1 Å². The van der Waals surface area contributed by atoms with Crippen molar-refractivity contribution in [1.82, 2.24) is 0 Å². The molecule has 3 N–H and O–H groups in total. The van der Waals surface area contributed by atoms with Crippen molar-refractivity contribution in [3.8, 4) is 0 Å². The molecule has 0 radical (unpaired) electrons. The van der Waals surface area contributed by atoms with E-state index in [1.165, 1.54) is 11.1 Å². The summed E-state index contributed by atoms with van der Waals surface area (Å²) in [6, 6.07) is 5.99. The third kappa shape index (κ3) is 3.06. The molecule has 3 heteroatoms. The number of nitrogens with two attached hydrogens (primary N) is 1. The molecule has 0 heterocycles. The lowest BCUT2D eigenvalue weighted by Crippen LogP contribution is -2.16. The van der Waals surface area contributed by atoms with Crippen molar-refractivity contribution in [2.24, 2.45) is 5.73 Å². The van der Waals surface area contributed by atoms with Crippen molar-refractivity contribution in [1.29, 1.82) is 0 Å². The Morgan fingerprint density at radius 1 is 1.40 bits per heavy atom. The smallest absolute Gasteiger partial charge is 0.304 e. The Morgan fingerprint density at radius 2 is 2.07 bits per heavy atom. The summed E-state index contributed by atoms with van der Waals surface area (Å²) in [5, 5.41) is 8.74. The molecule has 0 saturated heterocycles. The van der Waals surface area contributed by atoms with Crippen LogP contribution in [0, 0.1) is 13.8 Å². The summed E-state index contributed by atoms with van der Waals surface area (Å²) in [7, 11) is 0. The maximum atomic E-state index is 10.6. The second kappa shape index (κ2) is 4.94. The quantitative estimate of drug-likeness (QED) is 0.791. The van der Waals surface area contributed by atoms with Gasteiger partial charge in [-0.15, -0.1) is 0 Å². The average molecular weight is 207 g/mol. The minimum atomic E-state index is -0.802. The zero-order chi connectivity index (χ0) is 11.4. The van der Waals surface area contributed by atoms with Crippen LogP contribution in [0.2, 0.25) is 0 Å². The zero-order valence-corrected chi connectivity index (χ0v) is 9.16.